The molecule has 0 fully saturated rings. The summed E-state index contributed by atoms with van der Waals surface area (Å²) in [6, 6.07) is 11.6. The van der Waals surface area contributed by atoms with Gasteiger partial charge in [0, 0.05) is 21.5 Å². The maximum Gasteiger partial charge on any atom is 0.127 e. The van der Waals surface area contributed by atoms with Gasteiger partial charge >= 0.3 is 0 Å². The molecule has 0 aromatic heterocycles. The second kappa shape index (κ2) is 5.40. The zero-order valence-corrected chi connectivity index (χ0v) is 13.3. The van der Waals surface area contributed by atoms with Crippen LogP contribution >= 0.6 is 27.5 Å². The van der Waals surface area contributed by atoms with Gasteiger partial charge in [0.05, 0.1) is 6.10 Å². The number of hydrogen-bond donors (Lipinski definition) is 1. The monoisotopic (exact) mass is 352 g/mol. The summed E-state index contributed by atoms with van der Waals surface area (Å²) in [6.45, 7) is 1.97. The number of hydrogen-bond acceptors (Lipinski definition) is 2. The molecule has 2 unspecified atom stereocenters. The van der Waals surface area contributed by atoms with Crippen molar-refractivity contribution in [2.75, 3.05) is 0 Å². The van der Waals surface area contributed by atoms with Crippen LogP contribution in [0.2, 0.25) is 5.02 Å². The first-order chi connectivity index (χ1) is 9.54. The van der Waals surface area contributed by atoms with Gasteiger partial charge < -0.3 is 9.84 Å². The van der Waals surface area contributed by atoms with E-state index in [0.29, 0.717) is 6.42 Å². The first-order valence-electron chi connectivity index (χ1n) is 6.45. The average Bonchev–Trinajstić information content (AvgIpc) is 2.41. The molecule has 1 heterocycles. The van der Waals surface area contributed by atoms with Crippen molar-refractivity contribution in [3.05, 3.63) is 62.6 Å². The Morgan fingerprint density at radius 3 is 2.80 bits per heavy atom. The third kappa shape index (κ3) is 2.58. The second-order valence-corrected chi connectivity index (χ2v) is 6.37. The van der Waals surface area contributed by atoms with E-state index >= 15 is 0 Å². The lowest BCUT2D eigenvalue weighted by Crippen LogP contribution is -2.19. The molecule has 20 heavy (non-hydrogen) atoms. The normalized spacial score (nSPS) is 21.2. The van der Waals surface area contributed by atoms with Gasteiger partial charge in [-0.3, -0.25) is 0 Å². The molecule has 1 aliphatic rings. The van der Waals surface area contributed by atoms with Crippen molar-refractivity contribution in [1.82, 2.24) is 0 Å². The fraction of sp³-hybridized carbons (Fsp3) is 0.250. The fourth-order valence-corrected chi connectivity index (χ4v) is 2.96. The van der Waals surface area contributed by atoms with Crippen molar-refractivity contribution in [1.29, 1.82) is 0 Å². The van der Waals surface area contributed by atoms with Crippen LogP contribution < -0.4 is 4.74 Å². The lowest BCUT2D eigenvalue weighted by atomic mass is 9.94. The van der Waals surface area contributed by atoms with Gasteiger partial charge in [-0.15, -0.1) is 0 Å². The van der Waals surface area contributed by atoms with E-state index in [9.17, 15) is 5.11 Å². The SMILES string of the molecule is Cc1ccc(C2CC(O)c3ccc(Br)cc3O2)cc1Cl. The smallest absolute Gasteiger partial charge is 0.127 e. The van der Waals surface area contributed by atoms with Crippen LogP contribution in [0.5, 0.6) is 5.75 Å². The predicted molar refractivity (Wildman–Crippen MR) is 83.3 cm³/mol. The minimum atomic E-state index is -0.517. The van der Waals surface area contributed by atoms with Crippen molar-refractivity contribution in [2.45, 2.75) is 25.6 Å². The van der Waals surface area contributed by atoms with Gasteiger partial charge in [0.2, 0.25) is 0 Å². The molecule has 2 atom stereocenters. The van der Waals surface area contributed by atoms with Crippen molar-refractivity contribution >= 4 is 27.5 Å². The van der Waals surface area contributed by atoms with Crippen LogP contribution in [-0.2, 0) is 0 Å². The molecule has 0 radical (unpaired) electrons. The Labute approximate surface area is 131 Å². The Kier molecular flexibility index (Phi) is 3.76. The summed E-state index contributed by atoms with van der Waals surface area (Å²) in [5.74, 6) is 0.722. The Morgan fingerprint density at radius 2 is 2.05 bits per heavy atom. The molecule has 2 aromatic carbocycles. The molecule has 2 aromatic rings. The van der Waals surface area contributed by atoms with Crippen LogP contribution in [0.15, 0.2) is 40.9 Å². The third-order valence-electron chi connectivity index (χ3n) is 3.61. The van der Waals surface area contributed by atoms with Crippen molar-refractivity contribution in [2.24, 2.45) is 0 Å². The highest BCUT2D eigenvalue weighted by Gasteiger charge is 2.28. The highest BCUT2D eigenvalue weighted by molar-refractivity contribution is 9.10. The number of rotatable bonds is 1. The molecule has 104 valence electrons. The Hall–Kier alpha value is -1.03. The molecular formula is C16H14BrClO2. The van der Waals surface area contributed by atoms with E-state index in [1.807, 2.05) is 43.3 Å². The molecule has 0 spiro atoms. The molecule has 0 saturated carbocycles. The fourth-order valence-electron chi connectivity index (χ4n) is 2.43. The van der Waals surface area contributed by atoms with Gasteiger partial charge in [-0.25, -0.2) is 0 Å². The maximum atomic E-state index is 10.3. The highest BCUT2D eigenvalue weighted by Crippen LogP contribution is 2.42. The van der Waals surface area contributed by atoms with E-state index in [1.165, 1.54) is 0 Å². The first kappa shape index (κ1) is 13.9. The van der Waals surface area contributed by atoms with E-state index in [1.54, 1.807) is 0 Å². The van der Waals surface area contributed by atoms with Crippen LogP contribution in [-0.4, -0.2) is 5.11 Å². The Bertz CT molecular complexity index is 657. The molecule has 3 rings (SSSR count). The predicted octanol–water partition coefficient (Wildman–Crippen LogP) is 4.97. The van der Waals surface area contributed by atoms with Gasteiger partial charge in [-0.2, -0.15) is 0 Å². The van der Waals surface area contributed by atoms with E-state index in [4.69, 9.17) is 16.3 Å². The Morgan fingerprint density at radius 1 is 1.25 bits per heavy atom. The van der Waals surface area contributed by atoms with E-state index < -0.39 is 6.10 Å². The number of aliphatic hydroxyl groups excluding tert-OH is 1. The molecular weight excluding hydrogens is 340 g/mol. The molecule has 4 heteroatoms. The standard InChI is InChI=1S/C16H14BrClO2/c1-9-2-3-10(6-13(9)18)15-8-14(19)12-5-4-11(17)7-16(12)20-15/h2-7,14-15,19H,8H2,1H3. The summed E-state index contributed by atoms with van der Waals surface area (Å²) in [6.07, 6.45) is -0.157. The summed E-state index contributed by atoms with van der Waals surface area (Å²) in [5.41, 5.74) is 2.86. The maximum absolute atomic E-state index is 10.3. The van der Waals surface area contributed by atoms with Crippen molar-refractivity contribution < 1.29 is 9.84 Å². The van der Waals surface area contributed by atoms with Gasteiger partial charge in [0.15, 0.2) is 0 Å². The Balaban J connectivity index is 1.96. The number of aliphatic hydroxyl groups is 1. The lowest BCUT2D eigenvalue weighted by Gasteiger charge is -2.30. The number of aryl methyl sites for hydroxylation is 1. The first-order valence-corrected chi connectivity index (χ1v) is 7.62. The number of benzene rings is 2. The summed E-state index contributed by atoms with van der Waals surface area (Å²) >= 11 is 9.59. The minimum absolute atomic E-state index is 0.176. The summed E-state index contributed by atoms with van der Waals surface area (Å²) < 4.78 is 6.95. The van der Waals surface area contributed by atoms with Crippen LogP contribution in [0.1, 0.15) is 35.3 Å². The van der Waals surface area contributed by atoms with Crippen molar-refractivity contribution in [3.8, 4) is 5.75 Å². The third-order valence-corrected chi connectivity index (χ3v) is 4.51. The van der Waals surface area contributed by atoms with Gasteiger partial charge in [-0.05, 0) is 36.2 Å². The van der Waals surface area contributed by atoms with Crippen LogP contribution in [0, 0.1) is 6.92 Å². The largest absolute Gasteiger partial charge is 0.485 e. The molecule has 0 saturated heterocycles. The zero-order chi connectivity index (χ0) is 14.3. The highest BCUT2D eigenvalue weighted by atomic mass is 79.9. The summed E-state index contributed by atoms with van der Waals surface area (Å²) in [5, 5.41) is 11.0. The molecule has 0 amide bonds. The number of halogens is 2. The zero-order valence-electron chi connectivity index (χ0n) is 10.9. The van der Waals surface area contributed by atoms with Crippen LogP contribution in [0.25, 0.3) is 0 Å². The molecule has 0 bridgehead atoms. The molecule has 0 aliphatic carbocycles. The van der Waals surface area contributed by atoms with Gasteiger partial charge in [-0.1, -0.05) is 45.7 Å². The van der Waals surface area contributed by atoms with E-state index in [2.05, 4.69) is 15.9 Å². The van der Waals surface area contributed by atoms with E-state index in [-0.39, 0.29) is 6.10 Å². The van der Waals surface area contributed by atoms with Crippen molar-refractivity contribution in [3.63, 3.8) is 0 Å². The van der Waals surface area contributed by atoms with E-state index in [0.717, 1.165) is 31.9 Å². The average molecular weight is 354 g/mol. The molecule has 1 aliphatic heterocycles. The number of ether oxygens (including phenoxy) is 1. The second-order valence-electron chi connectivity index (χ2n) is 5.05. The van der Waals surface area contributed by atoms with Crippen LogP contribution in [0.4, 0.5) is 0 Å². The molecule has 1 N–H and O–H groups in total. The topological polar surface area (TPSA) is 29.5 Å². The van der Waals surface area contributed by atoms with Gasteiger partial charge in [0.25, 0.3) is 0 Å². The summed E-state index contributed by atoms with van der Waals surface area (Å²) in [4.78, 5) is 0. The molecule has 2 nitrogen and oxygen atoms in total. The van der Waals surface area contributed by atoms with Crippen LogP contribution in [0.3, 0.4) is 0 Å². The lowest BCUT2D eigenvalue weighted by molar-refractivity contribution is 0.0657. The summed E-state index contributed by atoms with van der Waals surface area (Å²) in [7, 11) is 0. The minimum Gasteiger partial charge on any atom is -0.485 e. The van der Waals surface area contributed by atoms with Gasteiger partial charge in [0.1, 0.15) is 11.9 Å². The quantitative estimate of drug-likeness (QED) is 0.784. The number of fused-ring (bicyclic) bond motifs is 1.